The Kier molecular flexibility index (Phi) is 6.56. The molecule has 1 aromatic rings. The average Bonchev–Trinajstić information content (AvgIpc) is 3.41. The van der Waals surface area contributed by atoms with Crippen molar-refractivity contribution in [3.05, 3.63) is 35.9 Å². The molecule has 2 amide bonds. The molecule has 6 nitrogen and oxygen atoms in total. The van der Waals surface area contributed by atoms with Gasteiger partial charge < -0.3 is 14.9 Å². The third kappa shape index (κ3) is 5.89. The number of nitrogens with zero attached hydrogens (tertiary/aromatic N) is 2. The lowest BCUT2D eigenvalue weighted by Crippen LogP contribution is -2.46. The van der Waals surface area contributed by atoms with Crippen LogP contribution in [-0.4, -0.2) is 58.4 Å². The summed E-state index contributed by atoms with van der Waals surface area (Å²) in [7, 11) is 0. The maximum Gasteiger partial charge on any atom is 0.308 e. The van der Waals surface area contributed by atoms with Crippen molar-refractivity contribution >= 4 is 17.8 Å². The van der Waals surface area contributed by atoms with E-state index in [4.69, 9.17) is 5.11 Å². The predicted octanol–water partition coefficient (Wildman–Crippen LogP) is 1.79. The number of hydrogen-bond acceptors (Lipinski definition) is 3. The van der Waals surface area contributed by atoms with Crippen LogP contribution in [0, 0.1) is 5.92 Å². The Morgan fingerprint density at radius 1 is 1.20 bits per heavy atom. The van der Waals surface area contributed by atoms with Gasteiger partial charge in [0, 0.05) is 26.1 Å². The molecule has 0 bridgehead atoms. The molecule has 1 aliphatic carbocycles. The Labute approximate surface area is 148 Å². The summed E-state index contributed by atoms with van der Waals surface area (Å²) in [6.07, 6.45) is 2.49. The molecule has 0 radical (unpaired) electrons. The molecule has 1 fully saturated rings. The zero-order valence-electron chi connectivity index (χ0n) is 14.9. The van der Waals surface area contributed by atoms with Gasteiger partial charge in [-0.3, -0.25) is 14.4 Å². The molecule has 1 N–H and O–H groups in total. The molecule has 0 heterocycles. The van der Waals surface area contributed by atoms with Gasteiger partial charge in [-0.25, -0.2) is 0 Å². The highest BCUT2D eigenvalue weighted by molar-refractivity contribution is 5.84. The van der Waals surface area contributed by atoms with E-state index in [1.807, 2.05) is 30.3 Å². The number of benzene rings is 1. The number of aliphatic carboxylic acids is 1. The SMILES string of the molecule is CC(=O)N(CCc1ccccc1)CC(=O)N(CC(C)C(=O)O)C1CC1. The van der Waals surface area contributed by atoms with E-state index in [1.165, 1.54) is 11.8 Å². The number of rotatable bonds is 9. The molecule has 0 aromatic heterocycles. The van der Waals surface area contributed by atoms with Gasteiger partial charge in [-0.2, -0.15) is 0 Å². The molecule has 136 valence electrons. The number of carboxylic acids is 1. The summed E-state index contributed by atoms with van der Waals surface area (Å²) >= 11 is 0. The van der Waals surface area contributed by atoms with Crippen LogP contribution in [0.1, 0.15) is 32.3 Å². The molecule has 1 unspecified atom stereocenters. The first-order valence-electron chi connectivity index (χ1n) is 8.70. The number of carbonyl (C=O) groups excluding carboxylic acids is 2. The quantitative estimate of drug-likeness (QED) is 0.739. The summed E-state index contributed by atoms with van der Waals surface area (Å²) in [5.41, 5.74) is 1.11. The van der Waals surface area contributed by atoms with Crippen molar-refractivity contribution in [2.45, 2.75) is 39.2 Å². The van der Waals surface area contributed by atoms with E-state index in [9.17, 15) is 14.4 Å². The summed E-state index contributed by atoms with van der Waals surface area (Å²) in [5, 5.41) is 9.09. The molecule has 1 aliphatic rings. The molecule has 25 heavy (non-hydrogen) atoms. The van der Waals surface area contributed by atoms with Crippen LogP contribution in [0.25, 0.3) is 0 Å². The van der Waals surface area contributed by atoms with E-state index in [0.717, 1.165) is 18.4 Å². The predicted molar refractivity (Wildman–Crippen MR) is 93.9 cm³/mol. The fourth-order valence-corrected chi connectivity index (χ4v) is 2.72. The number of carboxylic acid groups (broad SMARTS) is 1. The van der Waals surface area contributed by atoms with Gasteiger partial charge >= 0.3 is 5.97 Å². The molecule has 6 heteroatoms. The highest BCUT2D eigenvalue weighted by Crippen LogP contribution is 2.28. The molecule has 1 atom stereocenters. The summed E-state index contributed by atoms with van der Waals surface area (Å²) < 4.78 is 0. The summed E-state index contributed by atoms with van der Waals surface area (Å²) in [5.74, 6) is -1.84. The maximum atomic E-state index is 12.6. The topological polar surface area (TPSA) is 77.9 Å². The first kappa shape index (κ1) is 19.0. The Balaban J connectivity index is 1.95. The molecular weight excluding hydrogens is 320 g/mol. The minimum Gasteiger partial charge on any atom is -0.481 e. The minimum absolute atomic E-state index is 0.00497. The van der Waals surface area contributed by atoms with E-state index in [0.29, 0.717) is 13.0 Å². The van der Waals surface area contributed by atoms with Crippen molar-refractivity contribution in [1.29, 1.82) is 0 Å². The van der Waals surface area contributed by atoms with Gasteiger partial charge in [-0.05, 0) is 24.8 Å². The van der Waals surface area contributed by atoms with Gasteiger partial charge in [-0.15, -0.1) is 0 Å². The van der Waals surface area contributed by atoms with E-state index < -0.39 is 11.9 Å². The van der Waals surface area contributed by atoms with E-state index >= 15 is 0 Å². The van der Waals surface area contributed by atoms with Crippen molar-refractivity contribution in [3.63, 3.8) is 0 Å². The van der Waals surface area contributed by atoms with Crippen LogP contribution in [0.3, 0.4) is 0 Å². The third-order valence-corrected chi connectivity index (χ3v) is 4.48. The summed E-state index contributed by atoms with van der Waals surface area (Å²) in [4.78, 5) is 38.8. The van der Waals surface area contributed by atoms with Crippen LogP contribution in [0.5, 0.6) is 0 Å². The fourth-order valence-electron chi connectivity index (χ4n) is 2.72. The summed E-state index contributed by atoms with van der Waals surface area (Å²) in [6, 6.07) is 9.93. The highest BCUT2D eigenvalue weighted by Gasteiger charge is 2.35. The third-order valence-electron chi connectivity index (χ3n) is 4.48. The molecule has 0 saturated heterocycles. The van der Waals surface area contributed by atoms with Crippen LogP contribution in [0.15, 0.2) is 30.3 Å². The summed E-state index contributed by atoms with van der Waals surface area (Å²) in [6.45, 7) is 3.73. The van der Waals surface area contributed by atoms with E-state index in [2.05, 4.69) is 0 Å². The van der Waals surface area contributed by atoms with Gasteiger partial charge in [0.1, 0.15) is 0 Å². The van der Waals surface area contributed by atoms with Crippen molar-refractivity contribution in [2.24, 2.45) is 5.92 Å². The van der Waals surface area contributed by atoms with Crippen LogP contribution in [-0.2, 0) is 20.8 Å². The zero-order valence-corrected chi connectivity index (χ0v) is 14.9. The Bertz CT molecular complexity index is 613. The van der Waals surface area contributed by atoms with Crippen molar-refractivity contribution < 1.29 is 19.5 Å². The average molecular weight is 346 g/mol. The second-order valence-corrected chi connectivity index (χ2v) is 6.69. The molecule has 1 saturated carbocycles. The molecular formula is C19H26N2O4. The standard InChI is InChI=1S/C19H26N2O4/c1-14(19(24)25)12-21(17-8-9-17)18(23)13-20(15(2)22)11-10-16-6-4-3-5-7-16/h3-7,14,17H,8-13H2,1-2H3,(H,24,25). The Morgan fingerprint density at radius 2 is 1.84 bits per heavy atom. The second-order valence-electron chi connectivity index (χ2n) is 6.69. The molecule has 1 aromatic carbocycles. The first-order valence-corrected chi connectivity index (χ1v) is 8.70. The van der Waals surface area contributed by atoms with Gasteiger partial charge in [0.05, 0.1) is 12.5 Å². The van der Waals surface area contributed by atoms with Crippen LogP contribution >= 0.6 is 0 Å². The van der Waals surface area contributed by atoms with E-state index in [1.54, 1.807) is 11.8 Å². The lowest BCUT2D eigenvalue weighted by atomic mass is 10.1. The molecule has 2 rings (SSSR count). The monoisotopic (exact) mass is 346 g/mol. The van der Waals surface area contributed by atoms with Gasteiger partial charge in [0.25, 0.3) is 0 Å². The fraction of sp³-hybridized carbons (Fsp3) is 0.526. The van der Waals surface area contributed by atoms with Crippen LogP contribution < -0.4 is 0 Å². The highest BCUT2D eigenvalue weighted by atomic mass is 16.4. The van der Waals surface area contributed by atoms with Gasteiger partial charge in [0.15, 0.2) is 0 Å². The minimum atomic E-state index is -0.911. The number of amides is 2. The Hall–Kier alpha value is -2.37. The molecule has 0 spiro atoms. The molecule has 0 aliphatic heterocycles. The van der Waals surface area contributed by atoms with Gasteiger partial charge in [-0.1, -0.05) is 37.3 Å². The number of hydrogen-bond donors (Lipinski definition) is 1. The Morgan fingerprint density at radius 3 is 2.36 bits per heavy atom. The lowest BCUT2D eigenvalue weighted by Gasteiger charge is -2.28. The van der Waals surface area contributed by atoms with Crippen molar-refractivity contribution in [2.75, 3.05) is 19.6 Å². The van der Waals surface area contributed by atoms with Crippen LogP contribution in [0.4, 0.5) is 0 Å². The maximum absolute atomic E-state index is 12.6. The van der Waals surface area contributed by atoms with Crippen molar-refractivity contribution in [1.82, 2.24) is 9.80 Å². The van der Waals surface area contributed by atoms with Crippen LogP contribution in [0.2, 0.25) is 0 Å². The number of carbonyl (C=O) groups is 3. The smallest absolute Gasteiger partial charge is 0.308 e. The zero-order chi connectivity index (χ0) is 18.4. The normalized spacial score (nSPS) is 14.6. The lowest BCUT2D eigenvalue weighted by molar-refractivity contribution is -0.145. The van der Waals surface area contributed by atoms with Gasteiger partial charge in [0.2, 0.25) is 11.8 Å². The largest absolute Gasteiger partial charge is 0.481 e. The second kappa shape index (κ2) is 8.65. The van der Waals surface area contributed by atoms with Crippen molar-refractivity contribution in [3.8, 4) is 0 Å². The van der Waals surface area contributed by atoms with E-state index in [-0.39, 0.29) is 30.9 Å². The first-order chi connectivity index (χ1) is 11.9.